The Bertz CT molecular complexity index is 821. The van der Waals surface area contributed by atoms with Crippen molar-refractivity contribution in [3.8, 4) is 17.0 Å². The number of nitrogens with zero attached hydrogens (tertiary/aromatic N) is 4. The van der Waals surface area contributed by atoms with Crippen LogP contribution in [0.5, 0.6) is 5.75 Å². The molecule has 3 heterocycles. The van der Waals surface area contributed by atoms with Crippen LogP contribution in [0.2, 0.25) is 0 Å². The highest BCUT2D eigenvalue weighted by atomic mass is 16.5. The lowest BCUT2D eigenvalue weighted by molar-refractivity contribution is 0.340. The molecule has 1 aliphatic rings. The van der Waals surface area contributed by atoms with Gasteiger partial charge in [0.25, 0.3) is 0 Å². The van der Waals surface area contributed by atoms with Gasteiger partial charge in [-0.05, 0) is 37.3 Å². The monoisotopic (exact) mass is 323 g/mol. The van der Waals surface area contributed by atoms with Gasteiger partial charge < -0.3 is 15.0 Å². The fourth-order valence-electron chi connectivity index (χ4n) is 3.06. The third-order valence-corrected chi connectivity index (χ3v) is 4.25. The summed E-state index contributed by atoms with van der Waals surface area (Å²) in [4.78, 5) is 6.91. The van der Waals surface area contributed by atoms with Crippen molar-refractivity contribution in [2.24, 2.45) is 0 Å². The Balaban J connectivity index is 1.70. The molecule has 0 atom stereocenters. The van der Waals surface area contributed by atoms with Crippen molar-refractivity contribution in [2.45, 2.75) is 6.92 Å². The van der Waals surface area contributed by atoms with E-state index >= 15 is 0 Å². The number of benzene rings is 1. The van der Waals surface area contributed by atoms with Gasteiger partial charge in [-0.15, -0.1) is 0 Å². The fraction of sp³-hybridized carbons (Fsp3) is 0.333. The maximum Gasteiger partial charge on any atom is 0.154 e. The van der Waals surface area contributed by atoms with Crippen LogP contribution in [0.4, 0.5) is 5.82 Å². The Morgan fingerprint density at radius 1 is 1.17 bits per heavy atom. The van der Waals surface area contributed by atoms with E-state index in [1.165, 1.54) is 0 Å². The number of hydrogen-bond donors (Lipinski definition) is 1. The highest BCUT2D eigenvalue weighted by molar-refractivity contribution is 5.75. The molecule has 0 spiro atoms. The van der Waals surface area contributed by atoms with Crippen LogP contribution < -0.4 is 15.0 Å². The Hall–Kier alpha value is -2.60. The molecule has 1 fully saturated rings. The number of fused-ring (bicyclic) bond motifs is 1. The van der Waals surface area contributed by atoms with Crippen LogP contribution in [0.3, 0.4) is 0 Å². The van der Waals surface area contributed by atoms with Gasteiger partial charge >= 0.3 is 0 Å². The van der Waals surface area contributed by atoms with Crippen molar-refractivity contribution >= 4 is 11.3 Å². The Kier molecular flexibility index (Phi) is 4.04. The first-order valence-corrected chi connectivity index (χ1v) is 8.38. The van der Waals surface area contributed by atoms with E-state index in [0.717, 1.165) is 54.5 Å². The summed E-state index contributed by atoms with van der Waals surface area (Å²) in [6.07, 6.45) is 3.72. The summed E-state index contributed by atoms with van der Waals surface area (Å²) in [6, 6.07) is 10.2. The van der Waals surface area contributed by atoms with Gasteiger partial charge in [-0.25, -0.2) is 9.50 Å². The van der Waals surface area contributed by atoms with E-state index in [2.05, 4.69) is 21.3 Å². The zero-order chi connectivity index (χ0) is 16.4. The molecule has 6 heteroatoms. The SMILES string of the molecule is CCOc1ccc(-c2cc3c(N4CCNCC4)nccn3n2)cc1. The second kappa shape index (κ2) is 6.49. The van der Waals surface area contributed by atoms with Crippen molar-refractivity contribution in [3.05, 3.63) is 42.7 Å². The molecular weight excluding hydrogens is 302 g/mol. The number of nitrogens with one attached hydrogen (secondary N) is 1. The van der Waals surface area contributed by atoms with Crippen molar-refractivity contribution in [2.75, 3.05) is 37.7 Å². The van der Waals surface area contributed by atoms with E-state index in [1.807, 2.05) is 48.1 Å². The minimum Gasteiger partial charge on any atom is -0.494 e. The summed E-state index contributed by atoms with van der Waals surface area (Å²) in [6.45, 7) is 6.58. The number of aromatic nitrogens is 3. The zero-order valence-corrected chi connectivity index (χ0v) is 13.8. The van der Waals surface area contributed by atoms with Gasteiger partial charge in [-0.2, -0.15) is 5.10 Å². The number of ether oxygens (including phenoxy) is 1. The summed E-state index contributed by atoms with van der Waals surface area (Å²) < 4.78 is 7.42. The highest BCUT2D eigenvalue weighted by Crippen LogP contribution is 2.26. The second-order valence-electron chi connectivity index (χ2n) is 5.80. The van der Waals surface area contributed by atoms with Crippen molar-refractivity contribution in [1.82, 2.24) is 19.9 Å². The first-order valence-electron chi connectivity index (χ1n) is 8.38. The zero-order valence-electron chi connectivity index (χ0n) is 13.8. The van der Waals surface area contributed by atoms with Crippen molar-refractivity contribution < 1.29 is 4.74 Å². The van der Waals surface area contributed by atoms with E-state index in [0.29, 0.717) is 6.61 Å². The molecule has 0 bridgehead atoms. The van der Waals surface area contributed by atoms with Gasteiger partial charge in [0.2, 0.25) is 0 Å². The van der Waals surface area contributed by atoms with E-state index in [4.69, 9.17) is 9.84 Å². The maximum absolute atomic E-state index is 5.51. The average molecular weight is 323 g/mol. The third kappa shape index (κ3) is 2.80. The number of hydrogen-bond acceptors (Lipinski definition) is 5. The van der Waals surface area contributed by atoms with Gasteiger partial charge in [0.1, 0.15) is 11.3 Å². The lowest BCUT2D eigenvalue weighted by Gasteiger charge is -2.28. The molecule has 1 N–H and O–H groups in total. The Morgan fingerprint density at radius 2 is 1.96 bits per heavy atom. The predicted octanol–water partition coefficient (Wildman–Crippen LogP) is 2.20. The number of anilines is 1. The number of rotatable bonds is 4. The van der Waals surface area contributed by atoms with Crippen molar-refractivity contribution in [3.63, 3.8) is 0 Å². The molecule has 0 saturated carbocycles. The molecule has 0 amide bonds. The fourth-order valence-corrected chi connectivity index (χ4v) is 3.06. The van der Waals surface area contributed by atoms with Crippen LogP contribution in [0.1, 0.15) is 6.92 Å². The van der Waals surface area contributed by atoms with Crippen LogP contribution in [0.15, 0.2) is 42.7 Å². The first kappa shape index (κ1) is 15.0. The molecule has 4 rings (SSSR count). The third-order valence-electron chi connectivity index (χ3n) is 4.25. The molecule has 1 saturated heterocycles. The quantitative estimate of drug-likeness (QED) is 0.798. The van der Waals surface area contributed by atoms with Crippen molar-refractivity contribution in [1.29, 1.82) is 0 Å². The standard InChI is InChI=1S/C18H21N5O/c1-2-24-15-5-3-14(4-6-15)16-13-17-18(20-9-12-23(17)21-16)22-10-7-19-8-11-22/h3-6,9,12-13,19H,2,7-8,10-11H2,1H3. The van der Waals surface area contributed by atoms with Gasteiger partial charge in [0.05, 0.1) is 12.3 Å². The minimum absolute atomic E-state index is 0.674. The summed E-state index contributed by atoms with van der Waals surface area (Å²) in [5, 5.41) is 8.08. The number of piperazine rings is 1. The van der Waals surface area contributed by atoms with Gasteiger partial charge in [-0.3, -0.25) is 0 Å². The first-order chi connectivity index (χ1) is 11.8. The van der Waals surface area contributed by atoms with Crippen LogP contribution >= 0.6 is 0 Å². The molecule has 0 aliphatic carbocycles. The topological polar surface area (TPSA) is 54.7 Å². The molecule has 1 aromatic carbocycles. The molecule has 6 nitrogen and oxygen atoms in total. The predicted molar refractivity (Wildman–Crippen MR) is 94.7 cm³/mol. The van der Waals surface area contributed by atoms with Gasteiger partial charge in [0.15, 0.2) is 5.82 Å². The Labute approximate surface area is 141 Å². The van der Waals surface area contributed by atoms with Gasteiger partial charge in [0, 0.05) is 44.1 Å². The van der Waals surface area contributed by atoms with Crippen LogP contribution in [0.25, 0.3) is 16.8 Å². The van der Waals surface area contributed by atoms with E-state index < -0.39 is 0 Å². The van der Waals surface area contributed by atoms with E-state index in [9.17, 15) is 0 Å². The molecule has 3 aromatic rings. The minimum atomic E-state index is 0.674. The lowest BCUT2D eigenvalue weighted by Crippen LogP contribution is -2.44. The maximum atomic E-state index is 5.51. The molecule has 124 valence electrons. The molecule has 24 heavy (non-hydrogen) atoms. The molecular formula is C18H21N5O. The van der Waals surface area contributed by atoms with Crippen LogP contribution in [0, 0.1) is 0 Å². The van der Waals surface area contributed by atoms with Gasteiger partial charge in [-0.1, -0.05) is 0 Å². The highest BCUT2D eigenvalue weighted by Gasteiger charge is 2.16. The molecule has 1 aliphatic heterocycles. The average Bonchev–Trinajstić information content (AvgIpc) is 3.07. The molecule has 0 radical (unpaired) electrons. The smallest absolute Gasteiger partial charge is 0.154 e. The van der Waals surface area contributed by atoms with E-state index in [-0.39, 0.29) is 0 Å². The summed E-state index contributed by atoms with van der Waals surface area (Å²) in [5.41, 5.74) is 3.07. The molecule has 0 unspecified atom stereocenters. The van der Waals surface area contributed by atoms with E-state index in [1.54, 1.807) is 0 Å². The normalized spacial score (nSPS) is 15.0. The summed E-state index contributed by atoms with van der Waals surface area (Å²) in [7, 11) is 0. The summed E-state index contributed by atoms with van der Waals surface area (Å²) in [5.74, 6) is 1.89. The largest absolute Gasteiger partial charge is 0.494 e. The van der Waals surface area contributed by atoms with Crippen LogP contribution in [-0.2, 0) is 0 Å². The molecule has 2 aromatic heterocycles. The summed E-state index contributed by atoms with van der Waals surface area (Å²) >= 11 is 0. The Morgan fingerprint density at radius 3 is 2.71 bits per heavy atom. The second-order valence-corrected chi connectivity index (χ2v) is 5.80. The lowest BCUT2D eigenvalue weighted by atomic mass is 10.1. The van der Waals surface area contributed by atoms with Crippen LogP contribution in [-0.4, -0.2) is 47.4 Å².